The third kappa shape index (κ3) is 3.05. The molecule has 0 unspecified atom stereocenters. The van der Waals surface area contributed by atoms with E-state index in [4.69, 9.17) is 16.7 Å². The summed E-state index contributed by atoms with van der Waals surface area (Å²) in [4.78, 5) is 22.4. The summed E-state index contributed by atoms with van der Waals surface area (Å²) in [5.74, 6) is -0.962. The second-order valence-electron chi connectivity index (χ2n) is 4.35. The van der Waals surface area contributed by atoms with Crippen LogP contribution >= 0.6 is 11.6 Å². The van der Waals surface area contributed by atoms with Crippen molar-refractivity contribution in [1.29, 1.82) is 0 Å². The Balaban J connectivity index is 2.49. The number of aryl methyl sites for hydroxylation is 2. The van der Waals surface area contributed by atoms with Gasteiger partial charge in [0, 0.05) is 18.2 Å². The van der Waals surface area contributed by atoms with E-state index in [1.165, 1.54) is 6.07 Å². The van der Waals surface area contributed by atoms with Crippen molar-refractivity contribution in [3.8, 4) is 5.69 Å². The summed E-state index contributed by atoms with van der Waals surface area (Å²) < 4.78 is 1.56. The Morgan fingerprint density at radius 2 is 2.10 bits per heavy atom. The molecule has 1 aromatic carbocycles. The van der Waals surface area contributed by atoms with E-state index in [1.54, 1.807) is 29.8 Å². The van der Waals surface area contributed by atoms with Crippen molar-refractivity contribution in [3.63, 3.8) is 0 Å². The number of benzene rings is 1. The van der Waals surface area contributed by atoms with Gasteiger partial charge in [0.1, 0.15) is 5.69 Å². The number of carbonyl (C=O) groups is 1. The standard InChI is InChI=1S/C14H13ClN2O3/c1-9-8-13(18)11(6-7-14(19)20)16-17(9)12-5-3-2-4-10(12)15/h2-5,8H,6-7H2,1H3,(H,19,20). The van der Waals surface area contributed by atoms with Crippen LogP contribution in [0.15, 0.2) is 35.1 Å². The van der Waals surface area contributed by atoms with Gasteiger partial charge >= 0.3 is 5.97 Å². The van der Waals surface area contributed by atoms with E-state index >= 15 is 0 Å². The first-order valence-electron chi connectivity index (χ1n) is 6.05. The van der Waals surface area contributed by atoms with Crippen LogP contribution < -0.4 is 5.43 Å². The molecule has 0 aliphatic heterocycles. The quantitative estimate of drug-likeness (QED) is 0.938. The van der Waals surface area contributed by atoms with Crippen molar-refractivity contribution >= 4 is 17.6 Å². The summed E-state index contributed by atoms with van der Waals surface area (Å²) >= 11 is 6.12. The first-order valence-corrected chi connectivity index (χ1v) is 6.43. The molecule has 0 fully saturated rings. The summed E-state index contributed by atoms with van der Waals surface area (Å²) in [7, 11) is 0. The summed E-state index contributed by atoms with van der Waals surface area (Å²) in [5.41, 5.74) is 1.26. The van der Waals surface area contributed by atoms with Crippen molar-refractivity contribution in [2.45, 2.75) is 19.8 Å². The highest BCUT2D eigenvalue weighted by Gasteiger charge is 2.11. The number of para-hydroxylation sites is 1. The SMILES string of the molecule is Cc1cc(=O)c(CCC(=O)O)nn1-c1ccccc1Cl. The Kier molecular flexibility index (Phi) is 4.20. The number of carboxylic acid groups (broad SMARTS) is 1. The average molecular weight is 293 g/mol. The molecular formula is C14H13ClN2O3. The predicted molar refractivity (Wildman–Crippen MR) is 75.5 cm³/mol. The van der Waals surface area contributed by atoms with Gasteiger partial charge < -0.3 is 5.11 Å². The second kappa shape index (κ2) is 5.88. The van der Waals surface area contributed by atoms with Crippen molar-refractivity contribution in [2.75, 3.05) is 0 Å². The normalized spacial score (nSPS) is 10.5. The molecule has 0 radical (unpaired) electrons. The molecule has 0 saturated carbocycles. The zero-order valence-electron chi connectivity index (χ0n) is 10.8. The molecular weight excluding hydrogens is 280 g/mol. The number of nitrogens with zero attached hydrogens (tertiary/aromatic N) is 2. The average Bonchev–Trinajstić information content (AvgIpc) is 2.39. The van der Waals surface area contributed by atoms with Gasteiger partial charge in [0.25, 0.3) is 0 Å². The van der Waals surface area contributed by atoms with Crippen LogP contribution in [-0.2, 0) is 11.2 Å². The molecule has 0 saturated heterocycles. The number of rotatable bonds is 4. The van der Waals surface area contributed by atoms with E-state index < -0.39 is 5.97 Å². The summed E-state index contributed by atoms with van der Waals surface area (Å²) in [5, 5.41) is 13.4. The predicted octanol–water partition coefficient (Wildman–Crippen LogP) is 2.21. The molecule has 2 rings (SSSR count). The summed E-state index contributed by atoms with van der Waals surface area (Å²) in [6.45, 7) is 1.75. The third-order valence-electron chi connectivity index (χ3n) is 2.84. The molecule has 0 spiro atoms. The van der Waals surface area contributed by atoms with Gasteiger partial charge in [0.05, 0.1) is 17.1 Å². The fourth-order valence-electron chi connectivity index (χ4n) is 1.85. The molecule has 1 heterocycles. The highest BCUT2D eigenvalue weighted by Crippen LogP contribution is 2.19. The van der Waals surface area contributed by atoms with Gasteiger partial charge in [-0.05, 0) is 19.1 Å². The van der Waals surface area contributed by atoms with Crippen molar-refractivity contribution in [2.24, 2.45) is 0 Å². The minimum Gasteiger partial charge on any atom is -0.481 e. The van der Waals surface area contributed by atoms with Gasteiger partial charge in [-0.3, -0.25) is 9.59 Å². The lowest BCUT2D eigenvalue weighted by Gasteiger charge is -2.12. The topological polar surface area (TPSA) is 72.2 Å². The highest BCUT2D eigenvalue weighted by atomic mass is 35.5. The van der Waals surface area contributed by atoms with Crippen LogP contribution in [0.25, 0.3) is 5.69 Å². The number of halogens is 1. The molecule has 0 bridgehead atoms. The van der Waals surface area contributed by atoms with Crippen LogP contribution in [0.1, 0.15) is 17.8 Å². The summed E-state index contributed by atoms with van der Waals surface area (Å²) in [6.07, 6.45) is -0.0350. The van der Waals surface area contributed by atoms with E-state index in [0.29, 0.717) is 16.4 Å². The molecule has 5 nitrogen and oxygen atoms in total. The van der Waals surface area contributed by atoms with Crippen LogP contribution in [0.4, 0.5) is 0 Å². The van der Waals surface area contributed by atoms with E-state index in [1.807, 2.05) is 6.07 Å². The van der Waals surface area contributed by atoms with Crippen molar-refractivity contribution in [3.05, 3.63) is 57.0 Å². The molecule has 0 amide bonds. The van der Waals surface area contributed by atoms with Crippen LogP contribution in [0.5, 0.6) is 0 Å². The van der Waals surface area contributed by atoms with Crippen molar-refractivity contribution < 1.29 is 9.90 Å². The third-order valence-corrected chi connectivity index (χ3v) is 3.16. The number of hydrogen-bond donors (Lipinski definition) is 1. The highest BCUT2D eigenvalue weighted by molar-refractivity contribution is 6.32. The molecule has 1 aromatic heterocycles. The fraction of sp³-hybridized carbons (Fsp3) is 0.214. The molecule has 6 heteroatoms. The Morgan fingerprint density at radius 3 is 2.75 bits per heavy atom. The van der Waals surface area contributed by atoms with Crippen LogP contribution in [0.3, 0.4) is 0 Å². The van der Waals surface area contributed by atoms with Crippen molar-refractivity contribution in [1.82, 2.24) is 9.78 Å². The number of aliphatic carboxylic acids is 1. The number of hydrogen-bond acceptors (Lipinski definition) is 3. The van der Waals surface area contributed by atoms with E-state index in [9.17, 15) is 9.59 Å². The van der Waals surface area contributed by atoms with Gasteiger partial charge in [-0.15, -0.1) is 0 Å². The molecule has 2 aromatic rings. The zero-order valence-corrected chi connectivity index (χ0v) is 11.6. The maximum Gasteiger partial charge on any atom is 0.303 e. The maximum atomic E-state index is 11.8. The van der Waals surface area contributed by atoms with Crippen LogP contribution in [0.2, 0.25) is 5.02 Å². The van der Waals surface area contributed by atoms with Crippen LogP contribution in [0, 0.1) is 6.92 Å². The molecule has 1 N–H and O–H groups in total. The van der Waals surface area contributed by atoms with Gasteiger partial charge in [-0.25, -0.2) is 4.68 Å². The maximum absolute atomic E-state index is 11.8. The Bertz CT molecular complexity index is 710. The molecule has 0 atom stereocenters. The Morgan fingerprint density at radius 1 is 1.40 bits per heavy atom. The zero-order chi connectivity index (χ0) is 14.7. The lowest BCUT2D eigenvalue weighted by Crippen LogP contribution is -2.19. The largest absolute Gasteiger partial charge is 0.481 e. The van der Waals surface area contributed by atoms with Gasteiger partial charge in [0.15, 0.2) is 0 Å². The minimum absolute atomic E-state index is 0.0961. The van der Waals surface area contributed by atoms with E-state index in [0.717, 1.165) is 0 Å². The lowest BCUT2D eigenvalue weighted by molar-refractivity contribution is -0.136. The van der Waals surface area contributed by atoms with E-state index in [-0.39, 0.29) is 24.0 Å². The summed E-state index contributed by atoms with van der Waals surface area (Å²) in [6, 6.07) is 8.57. The smallest absolute Gasteiger partial charge is 0.303 e. The number of carboxylic acids is 1. The van der Waals surface area contributed by atoms with Crippen LogP contribution in [-0.4, -0.2) is 20.9 Å². The molecule has 20 heavy (non-hydrogen) atoms. The van der Waals surface area contributed by atoms with Gasteiger partial charge in [-0.1, -0.05) is 23.7 Å². The lowest BCUT2D eigenvalue weighted by atomic mass is 10.2. The van der Waals surface area contributed by atoms with Gasteiger partial charge in [0.2, 0.25) is 5.43 Å². The minimum atomic E-state index is -0.962. The molecule has 0 aliphatic rings. The first-order chi connectivity index (χ1) is 9.49. The molecule has 104 valence electrons. The second-order valence-corrected chi connectivity index (χ2v) is 4.76. The Labute approximate surface area is 120 Å². The van der Waals surface area contributed by atoms with E-state index in [2.05, 4.69) is 5.10 Å². The van der Waals surface area contributed by atoms with Gasteiger partial charge in [-0.2, -0.15) is 5.10 Å². The monoisotopic (exact) mass is 292 g/mol. The first kappa shape index (κ1) is 14.3. The Hall–Kier alpha value is -2.14. The number of aromatic nitrogens is 2. The fourth-order valence-corrected chi connectivity index (χ4v) is 2.06. The molecule has 0 aliphatic carbocycles.